The molecule has 0 aromatic carbocycles. The molecule has 0 aliphatic heterocycles. The van der Waals surface area contributed by atoms with Crippen molar-refractivity contribution in [3.63, 3.8) is 0 Å². The van der Waals surface area contributed by atoms with Crippen LogP contribution in [0.1, 0.15) is 13.3 Å². The van der Waals surface area contributed by atoms with E-state index in [1.807, 2.05) is 6.92 Å². The molecule has 62 valence electrons. The monoisotopic (exact) mass is 166 g/mol. The van der Waals surface area contributed by atoms with E-state index in [2.05, 4.69) is 9.50 Å². The molecule has 0 bridgehead atoms. The number of nitrogens with one attached hydrogen (secondary N) is 1. The van der Waals surface area contributed by atoms with Gasteiger partial charge in [-0.15, -0.1) is 0 Å². The molecule has 0 saturated heterocycles. The van der Waals surface area contributed by atoms with E-state index < -0.39 is 11.4 Å². The molecule has 1 unspecified atom stereocenters. The molecule has 0 saturated carbocycles. The largest absolute Gasteiger partial charge is 0.750 e. The van der Waals surface area contributed by atoms with Crippen molar-refractivity contribution in [3.05, 3.63) is 0 Å². The predicted molar refractivity (Wildman–Crippen MR) is 38.0 cm³/mol. The Morgan fingerprint density at radius 3 is 2.80 bits per heavy atom. The van der Waals surface area contributed by atoms with Crippen LogP contribution in [0.15, 0.2) is 0 Å². The Labute approximate surface area is 63.4 Å². The Hall–Kier alpha value is 0.0300. The van der Waals surface area contributed by atoms with Crippen molar-refractivity contribution in [1.29, 1.82) is 0 Å². The van der Waals surface area contributed by atoms with Crippen molar-refractivity contribution >= 4 is 11.4 Å². The molecule has 1 atom stereocenters. The highest BCUT2D eigenvalue weighted by Crippen LogP contribution is 1.76. The summed E-state index contributed by atoms with van der Waals surface area (Å²) in [4.78, 5) is 0. The van der Waals surface area contributed by atoms with E-state index in [9.17, 15) is 8.76 Å². The Balaban J connectivity index is 2.84. The van der Waals surface area contributed by atoms with Gasteiger partial charge in [0, 0.05) is 6.54 Å². The maximum absolute atomic E-state index is 9.78. The molecular formula is C5H12NO3S-. The molecular weight excluding hydrogens is 154 g/mol. The molecule has 0 spiro atoms. The molecule has 0 fully saturated rings. The van der Waals surface area contributed by atoms with Crippen molar-refractivity contribution in [1.82, 2.24) is 5.32 Å². The minimum absolute atomic E-state index is 0.218. The van der Waals surface area contributed by atoms with Crippen LogP contribution >= 0.6 is 0 Å². The van der Waals surface area contributed by atoms with E-state index in [1.165, 1.54) is 0 Å². The van der Waals surface area contributed by atoms with Crippen LogP contribution in [0.25, 0.3) is 0 Å². The van der Waals surface area contributed by atoms with Crippen molar-refractivity contribution in [2.75, 3.05) is 19.7 Å². The zero-order valence-electron chi connectivity index (χ0n) is 5.96. The topological polar surface area (TPSA) is 61.4 Å². The molecule has 4 nitrogen and oxygen atoms in total. The van der Waals surface area contributed by atoms with E-state index in [1.54, 1.807) is 0 Å². The van der Waals surface area contributed by atoms with Crippen LogP contribution in [-0.2, 0) is 15.5 Å². The second kappa shape index (κ2) is 7.14. The average molecular weight is 166 g/mol. The van der Waals surface area contributed by atoms with Gasteiger partial charge in [0.2, 0.25) is 0 Å². The summed E-state index contributed by atoms with van der Waals surface area (Å²) in [6.07, 6.45) is 1.04. The van der Waals surface area contributed by atoms with E-state index in [-0.39, 0.29) is 6.61 Å². The number of hydrogen-bond donors (Lipinski definition) is 1. The Bertz CT molecular complexity index is 98.9. The van der Waals surface area contributed by atoms with Crippen LogP contribution < -0.4 is 5.32 Å². The Morgan fingerprint density at radius 1 is 1.60 bits per heavy atom. The van der Waals surface area contributed by atoms with Crippen molar-refractivity contribution in [2.24, 2.45) is 0 Å². The van der Waals surface area contributed by atoms with Gasteiger partial charge in [0.05, 0.1) is 18.0 Å². The van der Waals surface area contributed by atoms with Gasteiger partial charge in [-0.25, -0.2) is 4.21 Å². The van der Waals surface area contributed by atoms with Crippen LogP contribution in [-0.4, -0.2) is 28.5 Å². The zero-order valence-corrected chi connectivity index (χ0v) is 6.78. The summed E-state index contributed by atoms with van der Waals surface area (Å²) in [6, 6.07) is 0. The highest BCUT2D eigenvalue weighted by Gasteiger charge is 1.85. The number of hydrogen-bond acceptors (Lipinski definition) is 4. The molecule has 0 aliphatic rings. The zero-order chi connectivity index (χ0) is 7.82. The van der Waals surface area contributed by atoms with Crippen LogP contribution in [0, 0.1) is 0 Å². The second-order valence-electron chi connectivity index (χ2n) is 1.78. The van der Waals surface area contributed by atoms with Crippen LogP contribution in [0.3, 0.4) is 0 Å². The summed E-state index contributed by atoms with van der Waals surface area (Å²) < 4.78 is 23.8. The summed E-state index contributed by atoms with van der Waals surface area (Å²) in [5.74, 6) is 0. The van der Waals surface area contributed by atoms with Crippen LogP contribution in [0.2, 0.25) is 0 Å². The minimum Gasteiger partial charge on any atom is -0.750 e. The maximum Gasteiger partial charge on any atom is 0.0842 e. The third kappa shape index (κ3) is 8.03. The van der Waals surface area contributed by atoms with E-state index in [4.69, 9.17) is 0 Å². The smallest absolute Gasteiger partial charge is 0.0842 e. The first kappa shape index (κ1) is 10.0. The van der Waals surface area contributed by atoms with Gasteiger partial charge in [-0.1, -0.05) is 6.92 Å². The summed E-state index contributed by atoms with van der Waals surface area (Å²) >= 11 is -2.36. The second-order valence-corrected chi connectivity index (χ2v) is 2.42. The van der Waals surface area contributed by atoms with Crippen molar-refractivity contribution in [2.45, 2.75) is 13.3 Å². The van der Waals surface area contributed by atoms with Gasteiger partial charge in [-0.3, -0.25) is 4.18 Å². The standard InChI is InChI=1S/C5H13NO3S/c1-2-3-6-4-5-9-10(7)8/h6H,2-5H2,1H3,(H,7,8)/p-1. The quantitative estimate of drug-likeness (QED) is 0.438. The summed E-state index contributed by atoms with van der Waals surface area (Å²) in [5.41, 5.74) is 0. The van der Waals surface area contributed by atoms with Crippen LogP contribution in [0.5, 0.6) is 0 Å². The third-order valence-corrected chi connectivity index (χ3v) is 1.24. The normalized spacial score (nSPS) is 13.4. The van der Waals surface area contributed by atoms with E-state index in [0.717, 1.165) is 13.0 Å². The molecule has 0 amide bonds. The summed E-state index contributed by atoms with van der Waals surface area (Å²) in [5, 5.41) is 2.99. The van der Waals surface area contributed by atoms with Crippen molar-refractivity contribution < 1.29 is 12.9 Å². The van der Waals surface area contributed by atoms with E-state index in [0.29, 0.717) is 6.54 Å². The molecule has 0 heterocycles. The molecule has 0 aliphatic carbocycles. The number of rotatable bonds is 6. The lowest BCUT2D eigenvalue weighted by molar-refractivity contribution is 0.298. The van der Waals surface area contributed by atoms with Gasteiger partial charge < -0.3 is 9.87 Å². The molecule has 10 heavy (non-hydrogen) atoms. The van der Waals surface area contributed by atoms with Gasteiger partial charge in [0.15, 0.2) is 0 Å². The Kier molecular flexibility index (Phi) is 7.16. The lowest BCUT2D eigenvalue weighted by Gasteiger charge is -2.05. The average Bonchev–Trinajstić information content (AvgIpc) is 1.87. The SMILES string of the molecule is CCCNCCOS(=O)[O-]. The van der Waals surface area contributed by atoms with Gasteiger partial charge in [-0.2, -0.15) is 0 Å². The molecule has 1 N–H and O–H groups in total. The van der Waals surface area contributed by atoms with Gasteiger partial charge in [0.25, 0.3) is 0 Å². The fourth-order valence-corrected chi connectivity index (χ4v) is 0.703. The fourth-order valence-electron chi connectivity index (χ4n) is 0.484. The first-order valence-corrected chi connectivity index (χ1v) is 4.20. The third-order valence-electron chi connectivity index (χ3n) is 0.885. The van der Waals surface area contributed by atoms with E-state index >= 15 is 0 Å². The summed E-state index contributed by atoms with van der Waals surface area (Å²) in [6.45, 7) is 3.74. The van der Waals surface area contributed by atoms with Gasteiger partial charge in [-0.05, 0) is 13.0 Å². The molecule has 5 heteroatoms. The summed E-state index contributed by atoms with van der Waals surface area (Å²) in [7, 11) is 0. The minimum atomic E-state index is -2.36. The van der Waals surface area contributed by atoms with Crippen molar-refractivity contribution in [3.8, 4) is 0 Å². The molecule has 0 radical (unpaired) electrons. The fraction of sp³-hybridized carbons (Fsp3) is 1.00. The van der Waals surface area contributed by atoms with Crippen LogP contribution in [0.4, 0.5) is 0 Å². The van der Waals surface area contributed by atoms with Gasteiger partial charge >= 0.3 is 0 Å². The first-order chi connectivity index (χ1) is 4.77. The first-order valence-electron chi connectivity index (χ1n) is 3.20. The maximum atomic E-state index is 9.78. The lowest BCUT2D eigenvalue weighted by atomic mass is 10.5. The highest BCUT2D eigenvalue weighted by molar-refractivity contribution is 7.74. The van der Waals surface area contributed by atoms with Gasteiger partial charge in [0.1, 0.15) is 0 Å². The lowest BCUT2D eigenvalue weighted by Crippen LogP contribution is -2.20. The highest BCUT2D eigenvalue weighted by atomic mass is 32.2. The molecule has 0 aromatic rings. The predicted octanol–water partition coefficient (Wildman–Crippen LogP) is -0.203. The molecule has 0 rings (SSSR count). The molecule has 0 aromatic heterocycles. The Morgan fingerprint density at radius 2 is 2.30 bits per heavy atom.